The zero-order valence-electron chi connectivity index (χ0n) is 11.6. The van der Waals surface area contributed by atoms with Gasteiger partial charge in [-0.25, -0.2) is 9.78 Å². The van der Waals surface area contributed by atoms with Crippen molar-refractivity contribution in [2.24, 2.45) is 0 Å². The third kappa shape index (κ3) is 4.38. The van der Waals surface area contributed by atoms with Crippen LogP contribution in [0.25, 0.3) is 11.0 Å². The fourth-order valence-electron chi connectivity index (χ4n) is 1.65. The van der Waals surface area contributed by atoms with Gasteiger partial charge in [0.2, 0.25) is 5.91 Å². The number of hydrogen-bond donors (Lipinski definition) is 4. The van der Waals surface area contributed by atoms with E-state index >= 15 is 0 Å². The molecule has 0 atom stereocenters. The summed E-state index contributed by atoms with van der Waals surface area (Å²) in [7, 11) is 0. The first-order valence-corrected chi connectivity index (χ1v) is 7.52. The molecule has 0 aliphatic heterocycles. The summed E-state index contributed by atoms with van der Waals surface area (Å²) in [6.07, 6.45) is 0.818. The third-order valence-electron chi connectivity index (χ3n) is 2.61. The topological polar surface area (TPSA) is 113 Å². The van der Waals surface area contributed by atoms with E-state index in [1.165, 1.54) is 11.8 Å². The van der Waals surface area contributed by atoms with Crippen LogP contribution in [0.4, 0.5) is 10.5 Å². The minimum atomic E-state index is -0.472. The Bertz CT molecular complexity index is 655. The number of aromatic amines is 1. The van der Waals surface area contributed by atoms with E-state index < -0.39 is 6.03 Å². The van der Waals surface area contributed by atoms with Gasteiger partial charge in [0.25, 0.3) is 0 Å². The standard InChI is InChI=1S/C13H17N5O2S/c1-2-5-15-12(20)18-11(19)7-21-13-16-9-4-3-8(14)6-10(9)17-13/h3-4,6H,2,5,7,14H2,1H3,(H,16,17)(H2,15,18,19,20). The lowest BCUT2D eigenvalue weighted by atomic mass is 10.3. The van der Waals surface area contributed by atoms with Gasteiger partial charge in [-0.05, 0) is 24.6 Å². The number of aromatic nitrogens is 2. The molecule has 8 heteroatoms. The van der Waals surface area contributed by atoms with Crippen molar-refractivity contribution < 1.29 is 9.59 Å². The summed E-state index contributed by atoms with van der Waals surface area (Å²) in [5, 5.41) is 5.44. The number of anilines is 1. The fourth-order valence-corrected chi connectivity index (χ4v) is 2.34. The zero-order valence-corrected chi connectivity index (χ0v) is 12.4. The molecule has 0 fully saturated rings. The molecule has 5 N–H and O–H groups in total. The average molecular weight is 307 g/mol. The summed E-state index contributed by atoms with van der Waals surface area (Å²) in [6, 6.07) is 4.89. The number of nitrogens with zero attached hydrogens (tertiary/aromatic N) is 1. The van der Waals surface area contributed by atoms with Crippen LogP contribution >= 0.6 is 11.8 Å². The molecule has 0 saturated heterocycles. The molecule has 0 spiro atoms. The van der Waals surface area contributed by atoms with Crippen LogP contribution in [-0.2, 0) is 4.79 Å². The Morgan fingerprint density at radius 1 is 1.43 bits per heavy atom. The first-order valence-electron chi connectivity index (χ1n) is 6.54. The quantitative estimate of drug-likeness (QED) is 0.493. The molecule has 2 rings (SSSR count). The molecule has 0 saturated carbocycles. The van der Waals surface area contributed by atoms with Crippen molar-refractivity contribution in [2.45, 2.75) is 18.5 Å². The SMILES string of the molecule is CCCNC(=O)NC(=O)CSc1nc2ccc(N)cc2[nH]1. The minimum Gasteiger partial charge on any atom is -0.399 e. The Kier molecular flexibility index (Phi) is 5.04. The van der Waals surface area contributed by atoms with Crippen LogP contribution < -0.4 is 16.4 Å². The lowest BCUT2D eigenvalue weighted by Gasteiger charge is -2.04. The van der Waals surface area contributed by atoms with Crippen LogP contribution in [0.15, 0.2) is 23.4 Å². The number of imidazole rings is 1. The van der Waals surface area contributed by atoms with Crippen LogP contribution in [0.5, 0.6) is 0 Å². The van der Waals surface area contributed by atoms with E-state index in [4.69, 9.17) is 5.73 Å². The van der Waals surface area contributed by atoms with Gasteiger partial charge >= 0.3 is 6.03 Å². The van der Waals surface area contributed by atoms with E-state index in [9.17, 15) is 9.59 Å². The van der Waals surface area contributed by atoms with Crippen molar-refractivity contribution in [1.82, 2.24) is 20.6 Å². The number of carbonyl (C=O) groups excluding carboxylic acids is 2. The van der Waals surface area contributed by atoms with E-state index in [0.717, 1.165) is 17.5 Å². The van der Waals surface area contributed by atoms with E-state index in [2.05, 4.69) is 20.6 Å². The lowest BCUT2D eigenvalue weighted by molar-refractivity contribution is -0.117. The van der Waals surface area contributed by atoms with Gasteiger partial charge in [-0.3, -0.25) is 10.1 Å². The van der Waals surface area contributed by atoms with E-state index in [0.29, 0.717) is 17.4 Å². The Morgan fingerprint density at radius 2 is 2.24 bits per heavy atom. The maximum absolute atomic E-state index is 11.6. The molecule has 0 unspecified atom stereocenters. The number of fused-ring (bicyclic) bond motifs is 1. The largest absolute Gasteiger partial charge is 0.399 e. The summed E-state index contributed by atoms with van der Waals surface area (Å²) in [6.45, 7) is 2.48. The normalized spacial score (nSPS) is 10.5. The lowest BCUT2D eigenvalue weighted by Crippen LogP contribution is -2.40. The van der Waals surface area contributed by atoms with Crippen LogP contribution in [0, 0.1) is 0 Å². The molecular formula is C13H17N5O2S. The molecule has 1 heterocycles. The third-order valence-corrected chi connectivity index (χ3v) is 3.49. The van der Waals surface area contributed by atoms with Gasteiger partial charge in [-0.1, -0.05) is 18.7 Å². The van der Waals surface area contributed by atoms with Crippen molar-refractivity contribution in [2.75, 3.05) is 18.0 Å². The molecule has 0 bridgehead atoms. The molecule has 7 nitrogen and oxygen atoms in total. The van der Waals surface area contributed by atoms with Crippen LogP contribution in [0.2, 0.25) is 0 Å². The summed E-state index contributed by atoms with van der Waals surface area (Å²) < 4.78 is 0. The second-order valence-electron chi connectivity index (χ2n) is 4.41. The van der Waals surface area contributed by atoms with E-state index in [1.807, 2.05) is 13.0 Å². The fraction of sp³-hybridized carbons (Fsp3) is 0.308. The Labute approximate surface area is 126 Å². The maximum Gasteiger partial charge on any atom is 0.321 e. The van der Waals surface area contributed by atoms with Gasteiger partial charge in [-0.15, -0.1) is 0 Å². The highest BCUT2D eigenvalue weighted by molar-refractivity contribution is 7.99. The van der Waals surface area contributed by atoms with E-state index in [1.54, 1.807) is 12.1 Å². The summed E-state index contributed by atoms with van der Waals surface area (Å²) in [5.41, 5.74) is 7.94. The summed E-state index contributed by atoms with van der Waals surface area (Å²) >= 11 is 1.23. The predicted octanol–water partition coefficient (Wildman–Crippen LogP) is 1.47. The number of carbonyl (C=O) groups is 2. The average Bonchev–Trinajstić information content (AvgIpc) is 2.85. The van der Waals surface area contributed by atoms with Gasteiger partial charge in [0.15, 0.2) is 5.16 Å². The number of hydrogen-bond acceptors (Lipinski definition) is 5. The second kappa shape index (κ2) is 6.98. The molecular weight excluding hydrogens is 290 g/mol. The molecule has 0 radical (unpaired) electrons. The van der Waals surface area contributed by atoms with Crippen LogP contribution in [0.1, 0.15) is 13.3 Å². The summed E-state index contributed by atoms with van der Waals surface area (Å²) in [4.78, 5) is 30.3. The minimum absolute atomic E-state index is 0.106. The number of imide groups is 1. The van der Waals surface area contributed by atoms with Gasteiger partial charge in [0.1, 0.15) is 0 Å². The molecule has 0 aliphatic carbocycles. The van der Waals surface area contributed by atoms with Gasteiger partial charge < -0.3 is 16.0 Å². The molecule has 1 aromatic heterocycles. The molecule has 3 amide bonds. The number of nitrogens with one attached hydrogen (secondary N) is 3. The molecule has 0 aliphatic rings. The number of rotatable bonds is 5. The smallest absolute Gasteiger partial charge is 0.321 e. The Hall–Kier alpha value is -2.22. The molecule has 21 heavy (non-hydrogen) atoms. The Balaban J connectivity index is 1.86. The van der Waals surface area contributed by atoms with Crippen molar-refractivity contribution in [3.63, 3.8) is 0 Å². The van der Waals surface area contributed by atoms with Crippen LogP contribution in [0.3, 0.4) is 0 Å². The first kappa shape index (κ1) is 15.2. The zero-order chi connectivity index (χ0) is 15.2. The predicted molar refractivity (Wildman–Crippen MR) is 83.1 cm³/mol. The highest BCUT2D eigenvalue weighted by atomic mass is 32.2. The van der Waals surface area contributed by atoms with Gasteiger partial charge in [-0.2, -0.15) is 0 Å². The summed E-state index contributed by atoms with van der Waals surface area (Å²) in [5.74, 6) is -0.261. The highest BCUT2D eigenvalue weighted by Gasteiger charge is 2.09. The number of nitrogens with two attached hydrogens (primary N) is 1. The van der Waals surface area contributed by atoms with Crippen molar-refractivity contribution >= 4 is 40.4 Å². The monoisotopic (exact) mass is 307 g/mol. The second-order valence-corrected chi connectivity index (χ2v) is 5.38. The number of thioether (sulfide) groups is 1. The molecule has 112 valence electrons. The van der Waals surface area contributed by atoms with Gasteiger partial charge in [0.05, 0.1) is 16.8 Å². The van der Waals surface area contributed by atoms with Crippen molar-refractivity contribution in [3.8, 4) is 0 Å². The molecule has 2 aromatic rings. The van der Waals surface area contributed by atoms with Crippen molar-refractivity contribution in [1.29, 1.82) is 0 Å². The first-order chi connectivity index (χ1) is 10.1. The Morgan fingerprint density at radius 3 is 3.00 bits per heavy atom. The number of H-pyrrole nitrogens is 1. The number of amides is 3. The number of urea groups is 1. The molecule has 1 aromatic carbocycles. The number of benzene rings is 1. The highest BCUT2D eigenvalue weighted by Crippen LogP contribution is 2.20. The van der Waals surface area contributed by atoms with Gasteiger partial charge in [0, 0.05) is 12.2 Å². The van der Waals surface area contributed by atoms with Crippen LogP contribution in [-0.4, -0.2) is 34.2 Å². The van der Waals surface area contributed by atoms with E-state index in [-0.39, 0.29) is 11.7 Å². The maximum atomic E-state index is 11.6. The van der Waals surface area contributed by atoms with Crippen molar-refractivity contribution in [3.05, 3.63) is 18.2 Å². The number of nitrogen functional groups attached to an aromatic ring is 1.